The summed E-state index contributed by atoms with van der Waals surface area (Å²) in [4.78, 5) is 15.9. The first-order valence-corrected chi connectivity index (χ1v) is 6.75. The molecule has 1 aromatic heterocycles. The van der Waals surface area contributed by atoms with Crippen molar-refractivity contribution in [3.05, 3.63) is 48.5 Å². The fourth-order valence-electron chi connectivity index (χ4n) is 1.94. The number of aromatic nitrogens is 2. The molecule has 1 unspecified atom stereocenters. The van der Waals surface area contributed by atoms with E-state index in [1.54, 1.807) is 24.7 Å². The molecule has 0 saturated heterocycles. The molecular weight excluding hydrogens is 254 g/mol. The van der Waals surface area contributed by atoms with E-state index in [0.717, 1.165) is 12.1 Å². The van der Waals surface area contributed by atoms with Crippen LogP contribution in [0.3, 0.4) is 0 Å². The minimum Gasteiger partial charge on any atom is -0.391 e. The van der Waals surface area contributed by atoms with E-state index in [2.05, 4.69) is 10.3 Å². The maximum Gasteiger partial charge on any atom is 0.251 e. The van der Waals surface area contributed by atoms with Crippen molar-refractivity contribution in [3.8, 4) is 5.69 Å². The first kappa shape index (κ1) is 14.3. The van der Waals surface area contributed by atoms with Crippen LogP contribution in [0.1, 0.15) is 30.1 Å². The Hall–Kier alpha value is -2.14. The third-order valence-corrected chi connectivity index (χ3v) is 3.05. The summed E-state index contributed by atoms with van der Waals surface area (Å²) in [5, 5.41) is 12.3. The standard InChI is InChI=1S/C15H19N3O2/c1-2-3-14(19)10-17-15(20)12-4-6-13(7-5-12)18-9-8-16-11-18/h4-9,11,14,19H,2-3,10H2,1H3,(H,17,20). The van der Waals surface area contributed by atoms with Crippen molar-refractivity contribution in [3.63, 3.8) is 0 Å². The molecule has 106 valence electrons. The van der Waals surface area contributed by atoms with E-state index >= 15 is 0 Å². The molecule has 0 aliphatic rings. The third kappa shape index (κ3) is 3.68. The molecule has 1 aromatic carbocycles. The van der Waals surface area contributed by atoms with E-state index < -0.39 is 6.10 Å². The van der Waals surface area contributed by atoms with Gasteiger partial charge in [-0.25, -0.2) is 4.98 Å². The SMILES string of the molecule is CCCC(O)CNC(=O)c1ccc(-n2ccnc2)cc1. The Balaban J connectivity index is 1.94. The largest absolute Gasteiger partial charge is 0.391 e. The van der Waals surface area contributed by atoms with Gasteiger partial charge in [0, 0.05) is 30.2 Å². The molecule has 5 nitrogen and oxygen atoms in total. The van der Waals surface area contributed by atoms with Crippen molar-refractivity contribution in [1.29, 1.82) is 0 Å². The van der Waals surface area contributed by atoms with Gasteiger partial charge in [0.05, 0.1) is 12.4 Å². The second kappa shape index (κ2) is 6.86. The number of carbonyl (C=O) groups is 1. The predicted octanol–water partition coefficient (Wildman–Crippen LogP) is 1.76. The zero-order valence-corrected chi connectivity index (χ0v) is 11.5. The van der Waals surface area contributed by atoms with Gasteiger partial charge in [0.1, 0.15) is 0 Å². The Morgan fingerprint density at radius 1 is 1.40 bits per heavy atom. The lowest BCUT2D eigenvalue weighted by Gasteiger charge is -2.11. The van der Waals surface area contributed by atoms with Crippen LogP contribution in [0.2, 0.25) is 0 Å². The molecule has 5 heteroatoms. The molecule has 0 radical (unpaired) electrons. The minimum absolute atomic E-state index is 0.169. The van der Waals surface area contributed by atoms with Crippen molar-refractivity contribution in [2.24, 2.45) is 0 Å². The highest BCUT2D eigenvalue weighted by atomic mass is 16.3. The number of benzene rings is 1. The Morgan fingerprint density at radius 3 is 2.75 bits per heavy atom. The number of aliphatic hydroxyl groups excluding tert-OH is 1. The number of hydrogen-bond donors (Lipinski definition) is 2. The second-order valence-corrected chi connectivity index (χ2v) is 4.67. The Labute approximate surface area is 118 Å². The average Bonchev–Trinajstić information content (AvgIpc) is 2.99. The molecule has 0 spiro atoms. The number of nitrogens with one attached hydrogen (secondary N) is 1. The molecule has 0 bridgehead atoms. The van der Waals surface area contributed by atoms with Crippen molar-refractivity contribution < 1.29 is 9.90 Å². The molecule has 2 aromatic rings. The zero-order valence-electron chi connectivity index (χ0n) is 11.5. The van der Waals surface area contributed by atoms with Crippen LogP contribution >= 0.6 is 0 Å². The van der Waals surface area contributed by atoms with Crippen molar-refractivity contribution >= 4 is 5.91 Å². The smallest absolute Gasteiger partial charge is 0.251 e. The molecule has 1 atom stereocenters. The summed E-state index contributed by atoms with van der Waals surface area (Å²) in [5.74, 6) is -0.169. The van der Waals surface area contributed by atoms with Gasteiger partial charge in [0.25, 0.3) is 5.91 Å². The Bertz CT molecular complexity index is 535. The predicted molar refractivity (Wildman–Crippen MR) is 76.8 cm³/mol. The van der Waals surface area contributed by atoms with Crippen molar-refractivity contribution in [2.45, 2.75) is 25.9 Å². The number of aliphatic hydroxyl groups is 1. The number of carbonyl (C=O) groups excluding carboxylic acids is 1. The molecule has 0 aliphatic heterocycles. The summed E-state index contributed by atoms with van der Waals surface area (Å²) in [6.45, 7) is 2.29. The number of imidazole rings is 1. The van der Waals surface area contributed by atoms with E-state index in [-0.39, 0.29) is 12.5 Å². The fourth-order valence-corrected chi connectivity index (χ4v) is 1.94. The molecule has 0 saturated carbocycles. The van der Waals surface area contributed by atoms with Crippen LogP contribution in [0.4, 0.5) is 0 Å². The van der Waals surface area contributed by atoms with E-state index in [1.807, 2.05) is 29.8 Å². The van der Waals surface area contributed by atoms with Gasteiger partial charge in [-0.3, -0.25) is 4.79 Å². The van der Waals surface area contributed by atoms with Crippen molar-refractivity contribution in [1.82, 2.24) is 14.9 Å². The average molecular weight is 273 g/mol. The summed E-state index contributed by atoms with van der Waals surface area (Å²) in [5.41, 5.74) is 1.53. The van der Waals surface area contributed by atoms with Crippen LogP contribution in [0, 0.1) is 0 Å². The Kier molecular flexibility index (Phi) is 4.90. The number of nitrogens with zero attached hydrogens (tertiary/aromatic N) is 2. The normalized spacial score (nSPS) is 12.1. The lowest BCUT2D eigenvalue weighted by Crippen LogP contribution is -2.31. The van der Waals surface area contributed by atoms with Crippen LogP contribution in [-0.4, -0.2) is 33.2 Å². The molecular formula is C15H19N3O2. The minimum atomic E-state index is -0.478. The Morgan fingerprint density at radius 2 is 2.15 bits per heavy atom. The van der Waals surface area contributed by atoms with E-state index in [1.165, 1.54) is 0 Å². The molecule has 20 heavy (non-hydrogen) atoms. The lowest BCUT2D eigenvalue weighted by molar-refractivity contribution is 0.0910. The van der Waals surface area contributed by atoms with Crippen LogP contribution < -0.4 is 5.32 Å². The van der Waals surface area contributed by atoms with Crippen molar-refractivity contribution in [2.75, 3.05) is 6.54 Å². The topological polar surface area (TPSA) is 67.2 Å². The van der Waals surface area contributed by atoms with Gasteiger partial charge in [0.15, 0.2) is 0 Å². The molecule has 0 aliphatic carbocycles. The monoisotopic (exact) mass is 273 g/mol. The van der Waals surface area contributed by atoms with Gasteiger partial charge in [-0.2, -0.15) is 0 Å². The van der Waals surface area contributed by atoms with E-state index in [9.17, 15) is 9.90 Å². The third-order valence-electron chi connectivity index (χ3n) is 3.05. The van der Waals surface area contributed by atoms with Crippen LogP contribution in [0.25, 0.3) is 5.69 Å². The first-order valence-electron chi connectivity index (χ1n) is 6.75. The number of amides is 1. The molecule has 2 rings (SSSR count). The zero-order chi connectivity index (χ0) is 14.4. The van der Waals surface area contributed by atoms with Gasteiger partial charge >= 0.3 is 0 Å². The molecule has 1 heterocycles. The molecule has 1 amide bonds. The van der Waals surface area contributed by atoms with Crippen LogP contribution in [0.5, 0.6) is 0 Å². The fraction of sp³-hybridized carbons (Fsp3) is 0.333. The highest BCUT2D eigenvalue weighted by molar-refractivity contribution is 5.94. The van der Waals surface area contributed by atoms with E-state index in [0.29, 0.717) is 12.0 Å². The van der Waals surface area contributed by atoms with Gasteiger partial charge in [0.2, 0.25) is 0 Å². The van der Waals surface area contributed by atoms with Crippen LogP contribution in [-0.2, 0) is 0 Å². The van der Waals surface area contributed by atoms with E-state index in [4.69, 9.17) is 0 Å². The first-order chi connectivity index (χ1) is 9.70. The quantitative estimate of drug-likeness (QED) is 0.842. The number of rotatable bonds is 6. The summed E-state index contributed by atoms with van der Waals surface area (Å²) in [6, 6.07) is 7.24. The molecule has 2 N–H and O–H groups in total. The van der Waals surface area contributed by atoms with Gasteiger partial charge in [-0.05, 0) is 30.7 Å². The van der Waals surface area contributed by atoms with Crippen LogP contribution in [0.15, 0.2) is 43.0 Å². The summed E-state index contributed by atoms with van der Waals surface area (Å²) in [7, 11) is 0. The summed E-state index contributed by atoms with van der Waals surface area (Å²) in [6.07, 6.45) is 6.37. The highest BCUT2D eigenvalue weighted by Crippen LogP contribution is 2.09. The summed E-state index contributed by atoms with van der Waals surface area (Å²) < 4.78 is 1.87. The molecule has 0 fully saturated rings. The maximum atomic E-state index is 11.9. The maximum absolute atomic E-state index is 11.9. The second-order valence-electron chi connectivity index (χ2n) is 4.67. The van der Waals surface area contributed by atoms with Gasteiger partial charge < -0.3 is 15.0 Å². The number of hydrogen-bond acceptors (Lipinski definition) is 3. The summed E-state index contributed by atoms with van der Waals surface area (Å²) >= 11 is 0. The highest BCUT2D eigenvalue weighted by Gasteiger charge is 2.08. The lowest BCUT2D eigenvalue weighted by atomic mass is 10.1. The van der Waals surface area contributed by atoms with Gasteiger partial charge in [-0.15, -0.1) is 0 Å². The van der Waals surface area contributed by atoms with Gasteiger partial charge in [-0.1, -0.05) is 13.3 Å².